The number of ether oxygens (including phenoxy) is 2. The Morgan fingerprint density at radius 2 is 2.20 bits per heavy atom. The van der Waals surface area contributed by atoms with Gasteiger partial charge in [-0.05, 0) is 30.7 Å². The highest BCUT2D eigenvalue weighted by Crippen LogP contribution is 2.29. The van der Waals surface area contributed by atoms with Gasteiger partial charge >= 0.3 is 5.97 Å². The number of esters is 1. The van der Waals surface area contributed by atoms with Crippen LogP contribution in [0.15, 0.2) is 11.4 Å². The van der Waals surface area contributed by atoms with Crippen molar-refractivity contribution in [1.29, 1.82) is 0 Å². The molecule has 2 heterocycles. The standard InChI is InChI=1S/C14H19NO4S/c1-18-11-6-8-20-13(11)14(17)15-7-4-3-5-10(15)9-12(16)19-2/h6,8,10H,3-5,7,9H2,1-2H3. The van der Waals surface area contributed by atoms with Gasteiger partial charge in [-0.1, -0.05) is 0 Å². The van der Waals surface area contributed by atoms with Crippen molar-refractivity contribution in [3.05, 3.63) is 16.3 Å². The zero-order valence-electron chi connectivity index (χ0n) is 11.8. The zero-order chi connectivity index (χ0) is 14.5. The van der Waals surface area contributed by atoms with Gasteiger partial charge < -0.3 is 14.4 Å². The summed E-state index contributed by atoms with van der Waals surface area (Å²) in [5, 5.41) is 1.84. The summed E-state index contributed by atoms with van der Waals surface area (Å²) in [6, 6.07) is 1.72. The highest BCUT2D eigenvalue weighted by atomic mass is 32.1. The van der Waals surface area contributed by atoms with Crippen molar-refractivity contribution >= 4 is 23.2 Å². The van der Waals surface area contributed by atoms with Crippen molar-refractivity contribution in [1.82, 2.24) is 4.90 Å². The van der Waals surface area contributed by atoms with E-state index in [1.807, 2.05) is 5.38 Å². The first-order chi connectivity index (χ1) is 9.67. The van der Waals surface area contributed by atoms with E-state index in [9.17, 15) is 9.59 Å². The molecule has 0 spiro atoms. The first-order valence-corrected chi connectivity index (χ1v) is 7.54. The number of methoxy groups -OCH3 is 2. The lowest BCUT2D eigenvalue weighted by Crippen LogP contribution is -2.44. The lowest BCUT2D eigenvalue weighted by molar-refractivity contribution is -0.142. The molecule has 0 bridgehead atoms. The number of hydrogen-bond acceptors (Lipinski definition) is 5. The number of nitrogens with zero attached hydrogens (tertiary/aromatic N) is 1. The Hall–Kier alpha value is -1.56. The van der Waals surface area contributed by atoms with Crippen LogP contribution in [-0.2, 0) is 9.53 Å². The molecule has 5 nitrogen and oxygen atoms in total. The Kier molecular flexibility index (Phi) is 5.00. The van der Waals surface area contributed by atoms with Crippen molar-refractivity contribution in [3.63, 3.8) is 0 Å². The molecule has 2 rings (SSSR count). The first-order valence-electron chi connectivity index (χ1n) is 6.66. The summed E-state index contributed by atoms with van der Waals surface area (Å²) < 4.78 is 9.92. The molecule has 0 N–H and O–H groups in total. The predicted octanol–water partition coefficient (Wildman–Crippen LogP) is 2.31. The lowest BCUT2D eigenvalue weighted by atomic mass is 9.99. The predicted molar refractivity (Wildman–Crippen MR) is 76.2 cm³/mol. The maximum atomic E-state index is 12.6. The molecule has 1 atom stereocenters. The molecule has 0 aliphatic carbocycles. The van der Waals surface area contributed by atoms with Crippen molar-refractivity contribution in [2.45, 2.75) is 31.7 Å². The molecule has 1 aliphatic rings. The summed E-state index contributed by atoms with van der Waals surface area (Å²) in [7, 11) is 2.93. The molecule has 6 heteroatoms. The van der Waals surface area contributed by atoms with E-state index in [1.165, 1.54) is 18.4 Å². The smallest absolute Gasteiger partial charge is 0.307 e. The number of amides is 1. The summed E-state index contributed by atoms with van der Waals surface area (Å²) in [6.45, 7) is 0.682. The Labute approximate surface area is 122 Å². The number of hydrogen-bond donors (Lipinski definition) is 0. The number of thiophene rings is 1. The monoisotopic (exact) mass is 297 g/mol. The largest absolute Gasteiger partial charge is 0.495 e. The van der Waals surface area contributed by atoms with Gasteiger partial charge in [0.1, 0.15) is 10.6 Å². The first kappa shape index (κ1) is 14.8. The minimum Gasteiger partial charge on any atom is -0.495 e. The van der Waals surface area contributed by atoms with Gasteiger partial charge in [0, 0.05) is 12.6 Å². The van der Waals surface area contributed by atoms with Gasteiger partial charge in [-0.15, -0.1) is 11.3 Å². The van der Waals surface area contributed by atoms with Crippen LogP contribution >= 0.6 is 11.3 Å². The average Bonchev–Trinajstić information content (AvgIpc) is 2.95. The molecule has 0 aromatic carbocycles. The quantitative estimate of drug-likeness (QED) is 0.800. The summed E-state index contributed by atoms with van der Waals surface area (Å²) in [5.41, 5.74) is 0. The van der Waals surface area contributed by atoms with Crippen LogP contribution in [0, 0.1) is 0 Å². The van der Waals surface area contributed by atoms with Gasteiger partial charge in [0.05, 0.1) is 20.6 Å². The third-order valence-electron chi connectivity index (χ3n) is 3.56. The van der Waals surface area contributed by atoms with E-state index in [1.54, 1.807) is 18.1 Å². The molecule has 1 aliphatic heterocycles. The molecule has 0 radical (unpaired) electrons. The zero-order valence-corrected chi connectivity index (χ0v) is 12.6. The fourth-order valence-electron chi connectivity index (χ4n) is 2.50. The van der Waals surface area contributed by atoms with Crippen molar-refractivity contribution in [3.8, 4) is 5.75 Å². The molecule has 1 aromatic heterocycles. The van der Waals surface area contributed by atoms with E-state index >= 15 is 0 Å². The maximum absolute atomic E-state index is 12.6. The van der Waals surface area contributed by atoms with Crippen LogP contribution in [0.4, 0.5) is 0 Å². The molecule has 1 aromatic rings. The van der Waals surface area contributed by atoms with Gasteiger partial charge in [0.15, 0.2) is 0 Å². The molecule has 20 heavy (non-hydrogen) atoms. The Bertz CT molecular complexity index is 485. The lowest BCUT2D eigenvalue weighted by Gasteiger charge is -2.35. The van der Waals surface area contributed by atoms with E-state index < -0.39 is 0 Å². The van der Waals surface area contributed by atoms with E-state index in [4.69, 9.17) is 9.47 Å². The summed E-state index contributed by atoms with van der Waals surface area (Å²) >= 11 is 1.37. The van der Waals surface area contributed by atoms with E-state index in [2.05, 4.69) is 0 Å². The fraction of sp³-hybridized carbons (Fsp3) is 0.571. The van der Waals surface area contributed by atoms with E-state index in [-0.39, 0.29) is 24.3 Å². The summed E-state index contributed by atoms with van der Waals surface area (Å²) in [4.78, 5) is 26.5. The Morgan fingerprint density at radius 1 is 1.40 bits per heavy atom. The number of likely N-dealkylation sites (tertiary alicyclic amines) is 1. The third kappa shape index (κ3) is 3.12. The second-order valence-corrected chi connectivity index (χ2v) is 5.66. The normalized spacial score (nSPS) is 18.7. The van der Waals surface area contributed by atoms with Crippen molar-refractivity contribution < 1.29 is 19.1 Å². The highest BCUT2D eigenvalue weighted by molar-refractivity contribution is 7.12. The molecular weight excluding hydrogens is 278 g/mol. The van der Waals surface area contributed by atoms with E-state index in [0.29, 0.717) is 17.2 Å². The van der Waals surface area contributed by atoms with Crippen LogP contribution in [0.5, 0.6) is 5.75 Å². The van der Waals surface area contributed by atoms with Gasteiger partial charge in [-0.25, -0.2) is 0 Å². The van der Waals surface area contributed by atoms with Crippen molar-refractivity contribution in [2.24, 2.45) is 0 Å². The van der Waals surface area contributed by atoms with Crippen molar-refractivity contribution in [2.75, 3.05) is 20.8 Å². The fourth-order valence-corrected chi connectivity index (χ4v) is 3.31. The minimum absolute atomic E-state index is 0.0505. The molecule has 1 fully saturated rings. The highest BCUT2D eigenvalue weighted by Gasteiger charge is 2.31. The Balaban J connectivity index is 2.15. The summed E-state index contributed by atoms with van der Waals surface area (Å²) in [6.07, 6.45) is 3.11. The molecule has 110 valence electrons. The molecule has 1 unspecified atom stereocenters. The second-order valence-electron chi connectivity index (χ2n) is 4.75. The SMILES string of the molecule is COC(=O)CC1CCCCN1C(=O)c1sccc1OC. The molecule has 0 saturated carbocycles. The number of piperidine rings is 1. The van der Waals surface area contributed by atoms with Gasteiger partial charge in [0.25, 0.3) is 5.91 Å². The van der Waals surface area contributed by atoms with Crippen LogP contribution in [0.2, 0.25) is 0 Å². The maximum Gasteiger partial charge on any atom is 0.307 e. The van der Waals surface area contributed by atoms with Crippen LogP contribution in [0.25, 0.3) is 0 Å². The van der Waals surface area contributed by atoms with Crippen LogP contribution < -0.4 is 4.74 Å². The molecule has 1 saturated heterocycles. The summed E-state index contributed by atoms with van der Waals surface area (Å²) in [5.74, 6) is 0.278. The Morgan fingerprint density at radius 3 is 2.90 bits per heavy atom. The number of carbonyl (C=O) groups excluding carboxylic acids is 2. The molecular formula is C14H19NO4S. The number of carbonyl (C=O) groups is 2. The number of rotatable bonds is 4. The van der Waals surface area contributed by atoms with Crippen LogP contribution in [-0.4, -0.2) is 43.6 Å². The topological polar surface area (TPSA) is 55.8 Å². The van der Waals surface area contributed by atoms with Crippen LogP contribution in [0.1, 0.15) is 35.4 Å². The minimum atomic E-state index is -0.271. The molecule has 1 amide bonds. The average molecular weight is 297 g/mol. The van der Waals surface area contributed by atoms with Gasteiger partial charge in [-0.3, -0.25) is 9.59 Å². The van der Waals surface area contributed by atoms with Gasteiger partial charge in [0.2, 0.25) is 0 Å². The van der Waals surface area contributed by atoms with Gasteiger partial charge in [-0.2, -0.15) is 0 Å². The van der Waals surface area contributed by atoms with Crippen LogP contribution in [0.3, 0.4) is 0 Å². The third-order valence-corrected chi connectivity index (χ3v) is 4.44. The van der Waals surface area contributed by atoms with E-state index in [0.717, 1.165) is 19.3 Å². The second kappa shape index (κ2) is 6.74.